The van der Waals surface area contributed by atoms with Crippen LogP contribution in [0.5, 0.6) is 0 Å². The lowest BCUT2D eigenvalue weighted by Gasteiger charge is -2.32. The second-order valence-corrected chi connectivity index (χ2v) is 4.11. The van der Waals surface area contributed by atoms with Gasteiger partial charge in [-0.1, -0.05) is 25.7 Å². The van der Waals surface area contributed by atoms with Crippen LogP contribution in [0.25, 0.3) is 0 Å². The molecule has 0 radical (unpaired) electrons. The number of rotatable bonds is 2. The van der Waals surface area contributed by atoms with E-state index in [0.29, 0.717) is 0 Å². The third-order valence-corrected chi connectivity index (χ3v) is 3.05. The Balaban J connectivity index is 2.75. The molecule has 0 unspecified atom stereocenters. The molecule has 1 fully saturated rings. The summed E-state index contributed by atoms with van der Waals surface area (Å²) in [6.07, 6.45) is 5.90. The predicted octanol–water partition coefficient (Wildman–Crippen LogP) is 0.944. The quantitative estimate of drug-likeness (QED) is 0.312. The zero-order valence-corrected chi connectivity index (χ0v) is 9.23. The number of hydrogen-bond donors (Lipinski definition) is 4. The van der Waals surface area contributed by atoms with Crippen LogP contribution in [0.4, 0.5) is 4.79 Å². The fourth-order valence-electron chi connectivity index (χ4n) is 2.07. The van der Waals surface area contributed by atoms with Gasteiger partial charge in [-0.3, -0.25) is 5.41 Å². The van der Waals surface area contributed by atoms with Crippen molar-refractivity contribution in [3.8, 4) is 0 Å². The van der Waals surface area contributed by atoms with Crippen LogP contribution in [0, 0.1) is 5.41 Å². The van der Waals surface area contributed by atoms with E-state index < -0.39 is 5.54 Å². The van der Waals surface area contributed by atoms with Crippen molar-refractivity contribution in [2.24, 2.45) is 5.73 Å². The van der Waals surface area contributed by atoms with Crippen molar-refractivity contribution in [1.82, 2.24) is 10.6 Å². The summed E-state index contributed by atoms with van der Waals surface area (Å²) in [6, 6.07) is -0.257. The van der Waals surface area contributed by atoms with E-state index in [4.69, 9.17) is 11.1 Å². The first kappa shape index (κ1) is 11.8. The lowest BCUT2D eigenvalue weighted by atomic mass is 9.89. The number of carbonyl (C=O) groups is 1. The molecule has 5 N–H and O–H groups in total. The van der Waals surface area contributed by atoms with Crippen molar-refractivity contribution >= 4 is 11.9 Å². The summed E-state index contributed by atoms with van der Waals surface area (Å²) in [5.74, 6) is 0.0769. The molecule has 1 aliphatic rings. The van der Waals surface area contributed by atoms with Crippen LogP contribution in [0.2, 0.25) is 0 Å². The summed E-state index contributed by atoms with van der Waals surface area (Å²) in [7, 11) is 1.57. The molecule has 0 aromatic rings. The average Bonchev–Trinajstić information content (AvgIpc) is 2.44. The second-order valence-electron chi connectivity index (χ2n) is 4.11. The highest BCUT2D eigenvalue weighted by Gasteiger charge is 2.35. The summed E-state index contributed by atoms with van der Waals surface area (Å²) >= 11 is 0. The number of amidine groups is 1. The molecule has 0 saturated heterocycles. The third-order valence-electron chi connectivity index (χ3n) is 3.05. The number of urea groups is 1. The Labute approximate surface area is 90.3 Å². The Morgan fingerprint density at radius 1 is 1.27 bits per heavy atom. The van der Waals surface area contributed by atoms with Gasteiger partial charge in [0.25, 0.3) is 0 Å². The number of carbonyl (C=O) groups excluding carboxylic acids is 1. The minimum atomic E-state index is -0.614. The smallest absolute Gasteiger partial charge is 0.315 e. The molecule has 5 nitrogen and oxygen atoms in total. The zero-order valence-electron chi connectivity index (χ0n) is 9.23. The molecule has 1 saturated carbocycles. The Hall–Kier alpha value is -1.26. The van der Waals surface area contributed by atoms with Crippen molar-refractivity contribution in [3.63, 3.8) is 0 Å². The number of nitrogens with one attached hydrogen (secondary N) is 3. The van der Waals surface area contributed by atoms with Crippen LogP contribution in [0.15, 0.2) is 0 Å². The van der Waals surface area contributed by atoms with Crippen LogP contribution in [0.3, 0.4) is 0 Å². The molecule has 0 spiro atoms. The molecule has 2 amide bonds. The maximum Gasteiger partial charge on any atom is 0.315 e. The van der Waals surface area contributed by atoms with E-state index in [1.54, 1.807) is 7.05 Å². The summed E-state index contributed by atoms with van der Waals surface area (Å²) in [5, 5.41) is 13.0. The van der Waals surface area contributed by atoms with Crippen molar-refractivity contribution < 1.29 is 4.79 Å². The Morgan fingerprint density at radius 2 is 1.80 bits per heavy atom. The van der Waals surface area contributed by atoms with Crippen molar-refractivity contribution in [2.75, 3.05) is 7.05 Å². The standard InChI is InChI=1S/C10H20N4O/c1-13-9(15)14-10(8(11)12)6-4-2-3-5-7-10/h2-7H2,1H3,(H3,11,12)(H2,13,14,15). The zero-order chi connectivity index (χ0) is 11.3. The highest BCUT2D eigenvalue weighted by atomic mass is 16.2. The predicted molar refractivity (Wildman–Crippen MR) is 59.9 cm³/mol. The molecule has 0 aromatic carbocycles. The monoisotopic (exact) mass is 212 g/mol. The van der Waals surface area contributed by atoms with E-state index in [-0.39, 0.29) is 11.9 Å². The minimum absolute atomic E-state index is 0.0769. The highest BCUT2D eigenvalue weighted by Crippen LogP contribution is 2.26. The molecule has 1 aliphatic carbocycles. The summed E-state index contributed by atoms with van der Waals surface area (Å²) < 4.78 is 0. The minimum Gasteiger partial charge on any atom is -0.386 e. The Morgan fingerprint density at radius 3 is 2.20 bits per heavy atom. The van der Waals surface area contributed by atoms with E-state index in [1.807, 2.05) is 0 Å². The average molecular weight is 212 g/mol. The number of hydrogen-bond acceptors (Lipinski definition) is 2. The first-order valence-corrected chi connectivity index (χ1v) is 5.45. The molecule has 0 aromatic heterocycles. The van der Waals surface area contributed by atoms with Crippen molar-refractivity contribution in [3.05, 3.63) is 0 Å². The van der Waals surface area contributed by atoms with Crippen molar-refractivity contribution in [2.45, 2.75) is 44.1 Å². The maximum absolute atomic E-state index is 11.3. The van der Waals surface area contributed by atoms with Gasteiger partial charge in [-0.25, -0.2) is 4.79 Å². The fraction of sp³-hybridized carbons (Fsp3) is 0.800. The van der Waals surface area contributed by atoms with E-state index >= 15 is 0 Å². The molecule has 1 rings (SSSR count). The molecule has 15 heavy (non-hydrogen) atoms. The highest BCUT2D eigenvalue weighted by molar-refractivity contribution is 5.91. The van der Waals surface area contributed by atoms with Gasteiger partial charge in [0.2, 0.25) is 0 Å². The van der Waals surface area contributed by atoms with Crippen molar-refractivity contribution in [1.29, 1.82) is 5.41 Å². The molecule has 0 bridgehead atoms. The molecule has 0 aliphatic heterocycles. The molecular weight excluding hydrogens is 192 g/mol. The topological polar surface area (TPSA) is 91.0 Å². The Bertz CT molecular complexity index is 244. The Kier molecular flexibility index (Phi) is 3.94. The van der Waals surface area contributed by atoms with Gasteiger partial charge in [0, 0.05) is 7.05 Å². The van der Waals surface area contributed by atoms with Crippen LogP contribution in [-0.4, -0.2) is 24.5 Å². The molecular formula is C10H20N4O. The van der Waals surface area contributed by atoms with Crippen LogP contribution >= 0.6 is 0 Å². The molecule has 5 heteroatoms. The van der Waals surface area contributed by atoms with Gasteiger partial charge in [0.15, 0.2) is 0 Å². The van der Waals surface area contributed by atoms with Crippen LogP contribution in [0.1, 0.15) is 38.5 Å². The van der Waals surface area contributed by atoms with Gasteiger partial charge in [-0.05, 0) is 12.8 Å². The second kappa shape index (κ2) is 5.00. The number of amides is 2. The maximum atomic E-state index is 11.3. The lowest BCUT2D eigenvalue weighted by Crippen LogP contribution is -2.58. The van der Waals surface area contributed by atoms with Crippen LogP contribution in [-0.2, 0) is 0 Å². The fourth-order valence-corrected chi connectivity index (χ4v) is 2.07. The number of nitrogens with two attached hydrogens (primary N) is 1. The largest absolute Gasteiger partial charge is 0.386 e. The third kappa shape index (κ3) is 2.84. The van der Waals surface area contributed by atoms with Gasteiger partial charge in [0.05, 0.1) is 5.54 Å². The SMILES string of the molecule is CNC(=O)NC1(C(=N)N)CCCCCC1. The van der Waals surface area contributed by atoms with E-state index in [1.165, 1.54) is 0 Å². The lowest BCUT2D eigenvalue weighted by molar-refractivity contribution is 0.232. The van der Waals surface area contributed by atoms with Crippen LogP contribution < -0.4 is 16.4 Å². The summed E-state index contributed by atoms with van der Waals surface area (Å²) in [6.45, 7) is 0. The first-order chi connectivity index (χ1) is 7.10. The van der Waals surface area contributed by atoms with E-state index in [2.05, 4.69) is 10.6 Å². The summed E-state index contributed by atoms with van der Waals surface area (Å²) in [5.41, 5.74) is 5.00. The molecule has 0 atom stereocenters. The van der Waals surface area contributed by atoms with Gasteiger partial charge in [-0.15, -0.1) is 0 Å². The normalized spacial score (nSPS) is 20.1. The van der Waals surface area contributed by atoms with Gasteiger partial charge in [0.1, 0.15) is 5.84 Å². The van der Waals surface area contributed by atoms with Gasteiger partial charge in [-0.2, -0.15) is 0 Å². The molecule has 0 heterocycles. The molecule has 86 valence electrons. The van der Waals surface area contributed by atoms with E-state index in [9.17, 15) is 4.79 Å². The van der Waals surface area contributed by atoms with E-state index in [0.717, 1.165) is 38.5 Å². The first-order valence-electron chi connectivity index (χ1n) is 5.45. The summed E-state index contributed by atoms with van der Waals surface area (Å²) in [4.78, 5) is 11.3. The van der Waals surface area contributed by atoms with Gasteiger partial charge < -0.3 is 16.4 Å². The van der Waals surface area contributed by atoms with Gasteiger partial charge >= 0.3 is 6.03 Å².